The number of rotatable bonds is 3. The van der Waals surface area contributed by atoms with E-state index in [9.17, 15) is 8.42 Å². The molecular formula is C11H18ClN3O3S. The van der Waals surface area contributed by atoms with Crippen LogP contribution in [0.3, 0.4) is 0 Å². The van der Waals surface area contributed by atoms with Gasteiger partial charge in [-0.3, -0.25) is 4.68 Å². The minimum absolute atomic E-state index is 0.195. The van der Waals surface area contributed by atoms with Crippen molar-refractivity contribution >= 4 is 21.6 Å². The van der Waals surface area contributed by atoms with Gasteiger partial charge in [-0.05, 0) is 13.8 Å². The molecular weight excluding hydrogens is 290 g/mol. The van der Waals surface area contributed by atoms with E-state index in [1.807, 2.05) is 13.8 Å². The molecule has 1 atom stereocenters. The molecule has 0 amide bonds. The van der Waals surface area contributed by atoms with Gasteiger partial charge < -0.3 is 4.74 Å². The summed E-state index contributed by atoms with van der Waals surface area (Å²) < 4.78 is 33.7. The van der Waals surface area contributed by atoms with Gasteiger partial charge in [-0.2, -0.15) is 9.40 Å². The van der Waals surface area contributed by atoms with Crippen LogP contribution in [0, 0.1) is 0 Å². The van der Waals surface area contributed by atoms with Crippen molar-refractivity contribution in [1.82, 2.24) is 14.1 Å². The predicted molar refractivity (Wildman–Crippen MR) is 71.6 cm³/mol. The fraction of sp³-hybridized carbons (Fsp3) is 0.727. The first-order chi connectivity index (χ1) is 8.74. The van der Waals surface area contributed by atoms with E-state index >= 15 is 0 Å². The molecule has 1 aliphatic rings. The number of hydrogen-bond acceptors (Lipinski definition) is 4. The third-order valence-corrected chi connectivity index (χ3v) is 5.05. The molecule has 8 heteroatoms. The quantitative estimate of drug-likeness (QED) is 0.776. The molecule has 2 heterocycles. The molecule has 1 fully saturated rings. The summed E-state index contributed by atoms with van der Waals surface area (Å²) in [5.74, 6) is 0.266. The number of alkyl halides is 1. The molecule has 19 heavy (non-hydrogen) atoms. The van der Waals surface area contributed by atoms with Gasteiger partial charge in [0.25, 0.3) is 0 Å². The zero-order chi connectivity index (χ0) is 14.3. The van der Waals surface area contributed by atoms with Crippen molar-refractivity contribution in [3.63, 3.8) is 0 Å². The normalized spacial score (nSPS) is 24.5. The van der Waals surface area contributed by atoms with Crippen molar-refractivity contribution in [2.24, 2.45) is 7.05 Å². The summed E-state index contributed by atoms with van der Waals surface area (Å²) in [6, 6.07) is 0. The lowest BCUT2D eigenvalue weighted by molar-refractivity contribution is -0.107. The second-order valence-corrected chi connectivity index (χ2v) is 7.55. The SMILES string of the molecule is Cn1cc(S(=O)(=O)N2CC(CCl)OC(C)(C)C2)cn1. The smallest absolute Gasteiger partial charge is 0.246 e. The van der Waals surface area contributed by atoms with Gasteiger partial charge in [0.1, 0.15) is 4.90 Å². The van der Waals surface area contributed by atoms with Gasteiger partial charge in [0.2, 0.25) is 10.0 Å². The van der Waals surface area contributed by atoms with Crippen LogP contribution in [0.15, 0.2) is 17.3 Å². The average Bonchev–Trinajstić information content (AvgIpc) is 2.74. The van der Waals surface area contributed by atoms with Crippen LogP contribution in [-0.2, 0) is 21.8 Å². The van der Waals surface area contributed by atoms with E-state index in [1.54, 1.807) is 7.05 Å². The summed E-state index contributed by atoms with van der Waals surface area (Å²) in [5.41, 5.74) is -0.549. The maximum atomic E-state index is 12.5. The average molecular weight is 308 g/mol. The Morgan fingerprint density at radius 3 is 2.79 bits per heavy atom. The molecule has 1 aliphatic heterocycles. The molecule has 1 saturated heterocycles. The molecule has 1 aromatic rings. The van der Waals surface area contributed by atoms with E-state index in [0.717, 1.165) is 0 Å². The van der Waals surface area contributed by atoms with Crippen molar-refractivity contribution in [3.8, 4) is 0 Å². The van der Waals surface area contributed by atoms with Gasteiger partial charge in [-0.1, -0.05) is 0 Å². The van der Waals surface area contributed by atoms with Crippen molar-refractivity contribution < 1.29 is 13.2 Å². The maximum Gasteiger partial charge on any atom is 0.246 e. The number of sulfonamides is 1. The topological polar surface area (TPSA) is 64.4 Å². The first-order valence-corrected chi connectivity index (χ1v) is 7.95. The van der Waals surface area contributed by atoms with E-state index in [4.69, 9.17) is 16.3 Å². The largest absolute Gasteiger partial charge is 0.368 e. The van der Waals surface area contributed by atoms with E-state index in [2.05, 4.69) is 5.10 Å². The zero-order valence-electron chi connectivity index (χ0n) is 11.2. The van der Waals surface area contributed by atoms with Gasteiger partial charge in [0, 0.05) is 32.2 Å². The summed E-state index contributed by atoms with van der Waals surface area (Å²) in [6.07, 6.45) is 2.55. The van der Waals surface area contributed by atoms with Gasteiger partial charge in [-0.25, -0.2) is 8.42 Å². The summed E-state index contributed by atoms with van der Waals surface area (Å²) in [4.78, 5) is 0.195. The third kappa shape index (κ3) is 3.10. The first kappa shape index (κ1) is 14.8. The molecule has 0 aromatic carbocycles. The number of ether oxygens (including phenoxy) is 1. The summed E-state index contributed by atoms with van der Waals surface area (Å²) in [5, 5.41) is 3.91. The number of nitrogens with zero attached hydrogens (tertiary/aromatic N) is 3. The van der Waals surface area contributed by atoms with Crippen molar-refractivity contribution in [1.29, 1.82) is 0 Å². The van der Waals surface area contributed by atoms with Crippen LogP contribution in [-0.4, -0.2) is 53.2 Å². The lowest BCUT2D eigenvalue weighted by atomic mass is 10.1. The summed E-state index contributed by atoms with van der Waals surface area (Å²) in [6.45, 7) is 4.29. The fourth-order valence-electron chi connectivity index (χ4n) is 2.19. The molecule has 2 rings (SSSR count). The number of aryl methyl sites for hydroxylation is 1. The standard InChI is InChI=1S/C11H18ClN3O3S/c1-11(2)8-15(6-9(4-12)18-11)19(16,17)10-5-13-14(3)7-10/h5,7,9H,4,6,8H2,1-3H3. The molecule has 1 aromatic heterocycles. The molecule has 0 radical (unpaired) electrons. The lowest BCUT2D eigenvalue weighted by Gasteiger charge is -2.41. The summed E-state index contributed by atoms with van der Waals surface area (Å²) in [7, 11) is -1.86. The van der Waals surface area contributed by atoms with Crippen LogP contribution in [0.2, 0.25) is 0 Å². The Kier molecular flexibility index (Phi) is 3.92. The Morgan fingerprint density at radius 2 is 2.26 bits per heavy atom. The minimum atomic E-state index is -3.54. The van der Waals surface area contributed by atoms with Crippen LogP contribution in [0.5, 0.6) is 0 Å². The molecule has 0 aliphatic carbocycles. The van der Waals surface area contributed by atoms with Gasteiger partial charge in [0.05, 0.1) is 17.9 Å². The van der Waals surface area contributed by atoms with E-state index in [1.165, 1.54) is 21.4 Å². The van der Waals surface area contributed by atoms with Crippen LogP contribution in [0.1, 0.15) is 13.8 Å². The van der Waals surface area contributed by atoms with Crippen LogP contribution < -0.4 is 0 Å². The van der Waals surface area contributed by atoms with Crippen LogP contribution in [0.25, 0.3) is 0 Å². The molecule has 108 valence electrons. The number of aromatic nitrogens is 2. The fourth-order valence-corrected chi connectivity index (χ4v) is 3.95. The van der Waals surface area contributed by atoms with E-state index < -0.39 is 15.6 Å². The third-order valence-electron chi connectivity index (χ3n) is 2.94. The predicted octanol–water partition coefficient (Wildman–Crippen LogP) is 0.827. The van der Waals surface area contributed by atoms with Crippen molar-refractivity contribution in [3.05, 3.63) is 12.4 Å². The van der Waals surface area contributed by atoms with Crippen molar-refractivity contribution in [2.75, 3.05) is 19.0 Å². The Morgan fingerprint density at radius 1 is 1.58 bits per heavy atom. The second kappa shape index (κ2) is 5.05. The number of halogens is 1. The van der Waals surface area contributed by atoms with Gasteiger partial charge in [0.15, 0.2) is 0 Å². The monoisotopic (exact) mass is 307 g/mol. The summed E-state index contributed by atoms with van der Waals surface area (Å²) >= 11 is 5.81. The zero-order valence-corrected chi connectivity index (χ0v) is 12.8. The second-order valence-electron chi connectivity index (χ2n) is 5.30. The highest BCUT2D eigenvalue weighted by molar-refractivity contribution is 7.89. The number of hydrogen-bond donors (Lipinski definition) is 0. The highest BCUT2D eigenvalue weighted by atomic mass is 35.5. The Labute approximate surface area is 118 Å². The van der Waals surface area contributed by atoms with Gasteiger partial charge >= 0.3 is 0 Å². The maximum absolute atomic E-state index is 12.5. The highest BCUT2D eigenvalue weighted by Crippen LogP contribution is 2.26. The minimum Gasteiger partial charge on any atom is -0.368 e. The lowest BCUT2D eigenvalue weighted by Crippen LogP contribution is -2.54. The molecule has 0 spiro atoms. The van der Waals surface area contributed by atoms with Crippen LogP contribution >= 0.6 is 11.6 Å². The molecule has 1 unspecified atom stereocenters. The molecule has 0 N–H and O–H groups in total. The highest BCUT2D eigenvalue weighted by Gasteiger charge is 2.39. The Bertz CT molecular complexity index is 555. The van der Waals surface area contributed by atoms with Gasteiger partial charge in [-0.15, -0.1) is 11.6 Å². The first-order valence-electron chi connectivity index (χ1n) is 5.97. The molecule has 6 nitrogen and oxygen atoms in total. The number of morpholine rings is 1. The Balaban J connectivity index is 2.29. The van der Waals surface area contributed by atoms with Crippen molar-refractivity contribution in [2.45, 2.75) is 30.4 Å². The van der Waals surface area contributed by atoms with E-state index in [0.29, 0.717) is 6.54 Å². The molecule has 0 saturated carbocycles. The molecule has 0 bridgehead atoms. The van der Waals surface area contributed by atoms with E-state index in [-0.39, 0.29) is 23.4 Å². The Hall–Kier alpha value is -0.630. The van der Waals surface area contributed by atoms with Crippen LogP contribution in [0.4, 0.5) is 0 Å².